The highest BCUT2D eigenvalue weighted by Crippen LogP contribution is 2.30. The van der Waals surface area contributed by atoms with Crippen molar-refractivity contribution in [2.24, 2.45) is 0 Å². The quantitative estimate of drug-likeness (QED) is 0.767. The number of nitrogens with one attached hydrogen (secondary N) is 2. The van der Waals surface area contributed by atoms with E-state index in [-0.39, 0.29) is 18.2 Å². The largest absolute Gasteiger partial charge is 0.475 e. The van der Waals surface area contributed by atoms with E-state index in [1.807, 2.05) is 25.1 Å². The summed E-state index contributed by atoms with van der Waals surface area (Å²) in [6, 6.07) is 7.26. The van der Waals surface area contributed by atoms with Gasteiger partial charge in [-0.1, -0.05) is 23.7 Å². The summed E-state index contributed by atoms with van der Waals surface area (Å²) in [6.07, 6.45) is 0. The van der Waals surface area contributed by atoms with Crippen LogP contribution in [0.1, 0.15) is 23.2 Å². The summed E-state index contributed by atoms with van der Waals surface area (Å²) in [6.45, 7) is 4.22. The molecule has 6 nitrogen and oxygen atoms in total. The number of carbonyl (C=O) groups is 1. The van der Waals surface area contributed by atoms with Crippen molar-refractivity contribution in [3.8, 4) is 0 Å². The van der Waals surface area contributed by atoms with E-state index < -0.39 is 5.97 Å². The Labute approximate surface area is 139 Å². The van der Waals surface area contributed by atoms with Gasteiger partial charge in [0.1, 0.15) is 5.69 Å². The van der Waals surface area contributed by atoms with Gasteiger partial charge in [-0.3, -0.25) is 0 Å². The van der Waals surface area contributed by atoms with E-state index in [9.17, 15) is 4.79 Å². The number of aryl methyl sites for hydroxylation is 1. The number of aromatic carboxylic acids is 1. The van der Waals surface area contributed by atoms with Crippen molar-refractivity contribution in [1.82, 2.24) is 9.97 Å². The molecule has 0 aliphatic heterocycles. The van der Waals surface area contributed by atoms with Gasteiger partial charge in [0.15, 0.2) is 5.82 Å². The molecule has 0 saturated carbocycles. The van der Waals surface area contributed by atoms with Gasteiger partial charge in [-0.25, -0.2) is 14.8 Å². The van der Waals surface area contributed by atoms with Crippen molar-refractivity contribution in [2.45, 2.75) is 13.8 Å². The molecule has 2 aromatic rings. The lowest BCUT2D eigenvalue weighted by Gasteiger charge is -2.15. The summed E-state index contributed by atoms with van der Waals surface area (Å²) in [4.78, 5) is 19.0. The van der Waals surface area contributed by atoms with Crippen LogP contribution in [-0.2, 0) is 0 Å². The van der Waals surface area contributed by atoms with Gasteiger partial charge in [0, 0.05) is 6.54 Å². The molecule has 2 rings (SSSR count). The molecule has 0 fully saturated rings. The lowest BCUT2D eigenvalue weighted by molar-refractivity contribution is 0.0683. The predicted molar refractivity (Wildman–Crippen MR) is 89.9 cm³/mol. The fourth-order valence-electron chi connectivity index (χ4n) is 1.81. The van der Waals surface area contributed by atoms with E-state index in [0.29, 0.717) is 34.5 Å². The Morgan fingerprint density at radius 2 is 2.00 bits per heavy atom. The highest BCUT2D eigenvalue weighted by atomic mass is 35.5. The van der Waals surface area contributed by atoms with Gasteiger partial charge in [-0.15, -0.1) is 12.4 Å². The average molecular weight is 343 g/mol. The molecule has 0 saturated heterocycles. The summed E-state index contributed by atoms with van der Waals surface area (Å²) in [5.41, 5.74) is 1.83. The number of carboxylic acids is 1. The SMILES string of the molecule is CCNc1nc(C(=O)O)nc(C)c1Nc1ccccc1Cl.Cl. The smallest absolute Gasteiger partial charge is 0.374 e. The van der Waals surface area contributed by atoms with Crippen LogP contribution >= 0.6 is 24.0 Å². The maximum Gasteiger partial charge on any atom is 0.374 e. The molecule has 1 aromatic carbocycles. The first-order valence-electron chi connectivity index (χ1n) is 6.40. The van der Waals surface area contributed by atoms with Gasteiger partial charge in [-0.05, 0) is 26.0 Å². The van der Waals surface area contributed by atoms with E-state index in [4.69, 9.17) is 16.7 Å². The van der Waals surface area contributed by atoms with Gasteiger partial charge in [0.2, 0.25) is 5.82 Å². The minimum absolute atomic E-state index is 0. The predicted octanol–water partition coefficient (Wildman–Crippen LogP) is 3.73. The Bertz CT molecular complexity index is 680. The number of aromatic nitrogens is 2. The molecule has 1 heterocycles. The van der Waals surface area contributed by atoms with Gasteiger partial charge in [-0.2, -0.15) is 0 Å². The standard InChI is InChI=1S/C14H15ClN4O2.ClH/c1-3-16-12-11(8(2)17-13(19-12)14(20)21)18-10-7-5-4-6-9(10)15;/h4-7,18H,3H2,1-2H3,(H,20,21)(H,16,17,19);1H. The Balaban J connectivity index is 0.00000242. The normalized spacial score (nSPS) is 9.77. The molecule has 3 N–H and O–H groups in total. The second-order valence-electron chi connectivity index (χ2n) is 4.30. The molecule has 118 valence electrons. The van der Waals surface area contributed by atoms with Crippen LogP contribution in [0, 0.1) is 6.92 Å². The Morgan fingerprint density at radius 1 is 1.32 bits per heavy atom. The number of hydrogen-bond donors (Lipinski definition) is 3. The molecule has 1 aromatic heterocycles. The van der Waals surface area contributed by atoms with Crippen molar-refractivity contribution in [1.29, 1.82) is 0 Å². The molecule has 22 heavy (non-hydrogen) atoms. The molecule has 0 amide bonds. The summed E-state index contributed by atoms with van der Waals surface area (Å²) < 4.78 is 0. The number of rotatable bonds is 5. The lowest BCUT2D eigenvalue weighted by Crippen LogP contribution is -2.12. The second kappa shape index (κ2) is 7.82. The molecule has 0 aliphatic rings. The molecule has 0 radical (unpaired) electrons. The van der Waals surface area contributed by atoms with Gasteiger partial charge < -0.3 is 15.7 Å². The lowest BCUT2D eigenvalue weighted by atomic mass is 10.2. The maximum absolute atomic E-state index is 11.0. The topological polar surface area (TPSA) is 87.1 Å². The van der Waals surface area contributed by atoms with Crippen LogP contribution in [-0.4, -0.2) is 27.6 Å². The van der Waals surface area contributed by atoms with Crippen LogP contribution < -0.4 is 10.6 Å². The minimum atomic E-state index is -1.17. The number of benzene rings is 1. The number of anilines is 3. The van der Waals surface area contributed by atoms with Crippen molar-refractivity contribution < 1.29 is 9.90 Å². The summed E-state index contributed by atoms with van der Waals surface area (Å²) in [5, 5.41) is 15.8. The first kappa shape index (κ1) is 18.0. The first-order chi connectivity index (χ1) is 10.0. The third kappa shape index (κ3) is 3.99. The molecular formula is C14H16Cl2N4O2. The van der Waals surface area contributed by atoms with Crippen molar-refractivity contribution >= 4 is 47.2 Å². The minimum Gasteiger partial charge on any atom is -0.475 e. The summed E-state index contributed by atoms with van der Waals surface area (Å²) in [5.74, 6) is -0.975. The Kier molecular flexibility index (Phi) is 6.39. The molecule has 0 bridgehead atoms. The summed E-state index contributed by atoms with van der Waals surface area (Å²) in [7, 11) is 0. The molecular weight excluding hydrogens is 327 g/mol. The number of para-hydroxylation sites is 1. The molecule has 0 spiro atoms. The Morgan fingerprint density at radius 3 is 2.59 bits per heavy atom. The van der Waals surface area contributed by atoms with E-state index in [1.54, 1.807) is 13.0 Å². The van der Waals surface area contributed by atoms with E-state index in [2.05, 4.69) is 20.6 Å². The van der Waals surface area contributed by atoms with Crippen LogP contribution in [0.25, 0.3) is 0 Å². The van der Waals surface area contributed by atoms with Crippen molar-refractivity contribution in [2.75, 3.05) is 17.2 Å². The van der Waals surface area contributed by atoms with Crippen LogP contribution in [0.4, 0.5) is 17.2 Å². The number of hydrogen-bond acceptors (Lipinski definition) is 5. The average Bonchev–Trinajstić information content (AvgIpc) is 2.44. The van der Waals surface area contributed by atoms with Crippen LogP contribution in [0.5, 0.6) is 0 Å². The molecule has 0 aliphatic carbocycles. The van der Waals surface area contributed by atoms with Crippen LogP contribution in [0.15, 0.2) is 24.3 Å². The fraction of sp³-hybridized carbons (Fsp3) is 0.214. The number of carboxylic acid groups (broad SMARTS) is 1. The van der Waals surface area contributed by atoms with Gasteiger partial charge >= 0.3 is 5.97 Å². The zero-order valence-electron chi connectivity index (χ0n) is 12.1. The highest BCUT2D eigenvalue weighted by Gasteiger charge is 2.16. The molecule has 0 atom stereocenters. The Hall–Kier alpha value is -2.05. The van der Waals surface area contributed by atoms with Crippen LogP contribution in [0.2, 0.25) is 5.02 Å². The zero-order chi connectivity index (χ0) is 15.4. The second-order valence-corrected chi connectivity index (χ2v) is 4.70. The molecule has 8 heteroatoms. The van der Waals surface area contributed by atoms with Crippen LogP contribution in [0.3, 0.4) is 0 Å². The maximum atomic E-state index is 11.0. The van der Waals surface area contributed by atoms with Gasteiger partial charge in [0.25, 0.3) is 0 Å². The highest BCUT2D eigenvalue weighted by molar-refractivity contribution is 6.33. The van der Waals surface area contributed by atoms with Gasteiger partial charge in [0.05, 0.1) is 16.4 Å². The zero-order valence-corrected chi connectivity index (χ0v) is 13.6. The number of nitrogens with zero attached hydrogens (tertiary/aromatic N) is 2. The van der Waals surface area contributed by atoms with E-state index >= 15 is 0 Å². The summed E-state index contributed by atoms with van der Waals surface area (Å²) >= 11 is 6.12. The monoisotopic (exact) mass is 342 g/mol. The third-order valence-electron chi connectivity index (χ3n) is 2.76. The fourth-order valence-corrected chi connectivity index (χ4v) is 1.99. The third-order valence-corrected chi connectivity index (χ3v) is 3.09. The van der Waals surface area contributed by atoms with E-state index in [0.717, 1.165) is 0 Å². The number of halogens is 2. The molecule has 0 unspecified atom stereocenters. The van der Waals surface area contributed by atoms with Crippen molar-refractivity contribution in [3.05, 3.63) is 40.8 Å². The first-order valence-corrected chi connectivity index (χ1v) is 6.78. The van der Waals surface area contributed by atoms with E-state index in [1.165, 1.54) is 0 Å². The van der Waals surface area contributed by atoms with Crippen molar-refractivity contribution in [3.63, 3.8) is 0 Å².